The van der Waals surface area contributed by atoms with E-state index in [9.17, 15) is 5.11 Å². The number of benzene rings is 1. The summed E-state index contributed by atoms with van der Waals surface area (Å²) in [5, 5.41) is 10.0. The highest BCUT2D eigenvalue weighted by Gasteiger charge is 2.26. The molecule has 9 nitrogen and oxygen atoms in total. The molecule has 5 heterocycles. The average molecular weight is 472 g/mol. The number of aromatic nitrogens is 5. The van der Waals surface area contributed by atoms with Crippen LogP contribution in [-0.4, -0.2) is 73.9 Å². The minimum atomic E-state index is 0.202. The fourth-order valence-electron chi connectivity index (χ4n) is 5.01. The molecule has 1 N–H and O–H groups in total. The Morgan fingerprint density at radius 2 is 1.80 bits per heavy atom. The topological polar surface area (TPSA) is 92.4 Å². The van der Waals surface area contributed by atoms with Gasteiger partial charge in [-0.3, -0.25) is 9.88 Å². The highest BCUT2D eigenvalue weighted by atomic mass is 16.5. The summed E-state index contributed by atoms with van der Waals surface area (Å²) in [5.74, 6) is 1.64. The zero-order chi connectivity index (χ0) is 23.6. The first-order valence-corrected chi connectivity index (χ1v) is 12.2. The van der Waals surface area contributed by atoms with Crippen LogP contribution in [0.3, 0.4) is 0 Å². The number of phenols is 1. The van der Waals surface area contributed by atoms with E-state index in [1.54, 1.807) is 12.1 Å². The molecule has 0 bridgehead atoms. The van der Waals surface area contributed by atoms with Crippen molar-refractivity contribution < 1.29 is 9.84 Å². The smallest absolute Gasteiger partial charge is 0.166 e. The highest BCUT2D eigenvalue weighted by Crippen LogP contribution is 2.32. The Bertz CT molecular complexity index is 1300. The number of hydrogen-bond donors (Lipinski definition) is 1. The van der Waals surface area contributed by atoms with Crippen molar-refractivity contribution in [2.24, 2.45) is 0 Å². The third-order valence-corrected chi connectivity index (χ3v) is 6.88. The number of rotatable bonds is 5. The number of piperidine rings is 1. The quantitative estimate of drug-likeness (QED) is 0.474. The molecule has 0 aliphatic carbocycles. The maximum Gasteiger partial charge on any atom is 0.166 e. The van der Waals surface area contributed by atoms with Crippen LogP contribution in [0.5, 0.6) is 5.75 Å². The van der Waals surface area contributed by atoms with Gasteiger partial charge in [0.1, 0.15) is 5.75 Å². The Kier molecular flexibility index (Phi) is 6.01. The van der Waals surface area contributed by atoms with Crippen molar-refractivity contribution in [2.75, 3.05) is 44.3 Å². The number of pyridine rings is 1. The van der Waals surface area contributed by atoms with Gasteiger partial charge in [0.05, 0.1) is 25.2 Å². The molecule has 0 unspecified atom stereocenters. The van der Waals surface area contributed by atoms with Gasteiger partial charge in [0, 0.05) is 50.5 Å². The second-order valence-corrected chi connectivity index (χ2v) is 9.17. The molecule has 6 rings (SSSR count). The minimum absolute atomic E-state index is 0.202. The second-order valence-electron chi connectivity index (χ2n) is 9.17. The summed E-state index contributed by atoms with van der Waals surface area (Å²) in [5.41, 5.74) is 3.58. The third-order valence-electron chi connectivity index (χ3n) is 6.88. The summed E-state index contributed by atoms with van der Waals surface area (Å²) < 4.78 is 7.79. The Morgan fingerprint density at radius 3 is 2.57 bits per heavy atom. The van der Waals surface area contributed by atoms with E-state index in [-0.39, 0.29) is 5.75 Å². The lowest BCUT2D eigenvalue weighted by molar-refractivity contribution is 0.122. The van der Waals surface area contributed by atoms with E-state index in [0.717, 1.165) is 73.8 Å². The van der Waals surface area contributed by atoms with Gasteiger partial charge in [-0.25, -0.2) is 15.0 Å². The van der Waals surface area contributed by atoms with E-state index in [2.05, 4.69) is 25.4 Å². The summed E-state index contributed by atoms with van der Waals surface area (Å²) in [7, 11) is 0. The Labute approximate surface area is 204 Å². The van der Waals surface area contributed by atoms with Crippen molar-refractivity contribution in [1.29, 1.82) is 0 Å². The van der Waals surface area contributed by atoms with E-state index in [4.69, 9.17) is 19.7 Å². The van der Waals surface area contributed by atoms with Crippen molar-refractivity contribution in [2.45, 2.75) is 25.4 Å². The SMILES string of the molecule is Oc1cccc(-c2nc(N3CCOCC3)c3ncn(C4CCN(Cc5ccccn5)CC4)c3n2)c1. The van der Waals surface area contributed by atoms with Crippen LogP contribution >= 0.6 is 0 Å². The first-order chi connectivity index (χ1) is 17.2. The molecule has 180 valence electrons. The Morgan fingerprint density at radius 1 is 0.943 bits per heavy atom. The number of fused-ring (bicyclic) bond motifs is 1. The van der Waals surface area contributed by atoms with Gasteiger partial charge >= 0.3 is 0 Å². The molecule has 3 aromatic heterocycles. The number of likely N-dealkylation sites (tertiary alicyclic amines) is 1. The number of aromatic hydroxyl groups is 1. The molecular weight excluding hydrogens is 442 g/mol. The normalized spacial score (nSPS) is 17.8. The lowest BCUT2D eigenvalue weighted by Crippen LogP contribution is -2.37. The summed E-state index contributed by atoms with van der Waals surface area (Å²) in [6.07, 6.45) is 5.83. The molecule has 4 aromatic rings. The molecule has 2 saturated heterocycles. The summed E-state index contributed by atoms with van der Waals surface area (Å²) in [6, 6.07) is 13.5. The maximum atomic E-state index is 10.0. The zero-order valence-corrected chi connectivity index (χ0v) is 19.6. The van der Waals surface area contributed by atoms with E-state index in [0.29, 0.717) is 25.1 Å². The molecule has 35 heavy (non-hydrogen) atoms. The van der Waals surface area contributed by atoms with Gasteiger partial charge < -0.3 is 19.3 Å². The van der Waals surface area contributed by atoms with Gasteiger partial charge in [-0.1, -0.05) is 18.2 Å². The van der Waals surface area contributed by atoms with E-state index in [1.165, 1.54) is 0 Å². The molecule has 1 aromatic carbocycles. The van der Waals surface area contributed by atoms with Crippen LogP contribution < -0.4 is 4.90 Å². The molecule has 0 amide bonds. The van der Waals surface area contributed by atoms with Crippen LogP contribution in [0.4, 0.5) is 5.82 Å². The number of phenolic OH excluding ortho intramolecular Hbond substituents is 1. The number of anilines is 1. The van der Waals surface area contributed by atoms with Gasteiger partial charge in [0.2, 0.25) is 0 Å². The first-order valence-electron chi connectivity index (χ1n) is 12.2. The van der Waals surface area contributed by atoms with Crippen LogP contribution in [0.1, 0.15) is 24.6 Å². The lowest BCUT2D eigenvalue weighted by atomic mass is 10.0. The van der Waals surface area contributed by atoms with E-state index < -0.39 is 0 Å². The molecule has 0 atom stereocenters. The standard InChI is InChI=1S/C26H29N7O2/c34-22-6-3-4-19(16-22)24-29-25(32-12-14-35-15-13-32)23-26(30-24)33(18-28-23)21-7-10-31(11-8-21)17-20-5-1-2-9-27-20/h1-6,9,16,18,21,34H,7-8,10-15,17H2. The summed E-state index contributed by atoms with van der Waals surface area (Å²) in [4.78, 5) is 23.8. The van der Waals surface area contributed by atoms with Crippen molar-refractivity contribution >= 4 is 17.0 Å². The Balaban J connectivity index is 1.31. The first kappa shape index (κ1) is 21.9. The van der Waals surface area contributed by atoms with Crippen LogP contribution in [0, 0.1) is 0 Å². The fraction of sp³-hybridized carbons (Fsp3) is 0.385. The molecule has 0 spiro atoms. The van der Waals surface area contributed by atoms with Gasteiger partial charge in [0.25, 0.3) is 0 Å². The van der Waals surface area contributed by atoms with Gasteiger partial charge in [-0.2, -0.15) is 0 Å². The molecule has 0 radical (unpaired) electrons. The highest BCUT2D eigenvalue weighted by molar-refractivity contribution is 5.86. The molecule has 0 saturated carbocycles. The van der Waals surface area contributed by atoms with Crippen molar-refractivity contribution in [1.82, 2.24) is 29.4 Å². The van der Waals surface area contributed by atoms with Gasteiger partial charge in [-0.15, -0.1) is 0 Å². The van der Waals surface area contributed by atoms with Crippen molar-refractivity contribution in [3.8, 4) is 17.1 Å². The molecular formula is C26H29N7O2. The van der Waals surface area contributed by atoms with Crippen molar-refractivity contribution in [3.63, 3.8) is 0 Å². The number of morpholine rings is 1. The van der Waals surface area contributed by atoms with Crippen LogP contribution in [0.25, 0.3) is 22.6 Å². The average Bonchev–Trinajstić information content (AvgIpc) is 3.34. The predicted octanol–water partition coefficient (Wildman–Crippen LogP) is 3.27. The van der Waals surface area contributed by atoms with Gasteiger partial charge in [-0.05, 0) is 37.1 Å². The largest absolute Gasteiger partial charge is 0.508 e. The maximum absolute atomic E-state index is 10.0. The molecule has 9 heteroatoms. The minimum Gasteiger partial charge on any atom is -0.508 e. The number of nitrogens with zero attached hydrogens (tertiary/aromatic N) is 7. The zero-order valence-electron chi connectivity index (χ0n) is 19.6. The number of ether oxygens (including phenoxy) is 1. The predicted molar refractivity (Wildman–Crippen MR) is 133 cm³/mol. The molecule has 2 aliphatic heterocycles. The van der Waals surface area contributed by atoms with Crippen LogP contribution in [0.15, 0.2) is 55.0 Å². The summed E-state index contributed by atoms with van der Waals surface area (Å²) in [6.45, 7) is 5.76. The molecule has 2 aliphatic rings. The van der Waals surface area contributed by atoms with E-state index >= 15 is 0 Å². The van der Waals surface area contributed by atoms with Crippen molar-refractivity contribution in [3.05, 3.63) is 60.7 Å². The van der Waals surface area contributed by atoms with E-state index in [1.807, 2.05) is 36.8 Å². The Hall–Kier alpha value is -3.56. The number of hydrogen-bond acceptors (Lipinski definition) is 8. The summed E-state index contributed by atoms with van der Waals surface area (Å²) >= 11 is 0. The lowest BCUT2D eigenvalue weighted by Gasteiger charge is -2.32. The van der Waals surface area contributed by atoms with Gasteiger partial charge in [0.15, 0.2) is 22.8 Å². The van der Waals surface area contributed by atoms with Crippen LogP contribution in [0.2, 0.25) is 0 Å². The molecule has 2 fully saturated rings. The monoisotopic (exact) mass is 471 g/mol. The van der Waals surface area contributed by atoms with Crippen LogP contribution in [-0.2, 0) is 11.3 Å². The second kappa shape index (κ2) is 9.59. The fourth-order valence-corrected chi connectivity index (χ4v) is 5.01. The third kappa shape index (κ3) is 4.56. The number of imidazole rings is 1.